The maximum absolute atomic E-state index is 6.19. The maximum Gasteiger partial charge on any atom is 0.0948 e. The Kier molecular flexibility index (Phi) is 4.61. The van der Waals surface area contributed by atoms with Crippen LogP contribution in [0.2, 0.25) is 5.02 Å². The largest absolute Gasteiger partial charge is 0.333 e. The zero-order valence-electron chi connectivity index (χ0n) is 11.4. The summed E-state index contributed by atoms with van der Waals surface area (Å²) in [6, 6.07) is 7.99. The number of imidazole rings is 1. The molecule has 0 bridgehead atoms. The Morgan fingerprint density at radius 2 is 1.95 bits per heavy atom. The van der Waals surface area contributed by atoms with Crippen LogP contribution in [0.25, 0.3) is 0 Å². The fraction of sp³-hybridized carbons (Fsp3) is 0.400. The molecule has 2 N–H and O–H groups in total. The van der Waals surface area contributed by atoms with Gasteiger partial charge in [-0.15, -0.1) is 0 Å². The van der Waals surface area contributed by atoms with Crippen molar-refractivity contribution in [3.8, 4) is 0 Å². The number of aromatic nitrogens is 2. The predicted molar refractivity (Wildman–Crippen MR) is 79.1 cm³/mol. The van der Waals surface area contributed by atoms with E-state index in [1.54, 1.807) is 0 Å². The highest BCUT2D eigenvalue weighted by molar-refractivity contribution is 6.30. The summed E-state index contributed by atoms with van der Waals surface area (Å²) in [6.45, 7) is 5.14. The fourth-order valence-corrected chi connectivity index (χ4v) is 2.16. The first-order valence-electron chi connectivity index (χ1n) is 6.58. The summed E-state index contributed by atoms with van der Waals surface area (Å²) in [4.78, 5) is 4.21. The number of nitrogens with two attached hydrogens (primary N) is 1. The number of aryl methyl sites for hydroxylation is 2. The average molecular weight is 278 g/mol. The van der Waals surface area contributed by atoms with Gasteiger partial charge in [-0.1, -0.05) is 37.6 Å². The van der Waals surface area contributed by atoms with Crippen molar-refractivity contribution >= 4 is 11.6 Å². The summed E-state index contributed by atoms with van der Waals surface area (Å²) in [5, 5.41) is 0.772. The topological polar surface area (TPSA) is 43.8 Å². The van der Waals surface area contributed by atoms with Crippen molar-refractivity contribution in [1.82, 2.24) is 9.55 Å². The highest BCUT2D eigenvalue weighted by atomic mass is 35.5. The molecule has 0 saturated carbocycles. The van der Waals surface area contributed by atoms with Gasteiger partial charge in [0, 0.05) is 23.8 Å². The van der Waals surface area contributed by atoms with Gasteiger partial charge in [0.25, 0.3) is 0 Å². The molecular weight excluding hydrogens is 258 g/mol. The van der Waals surface area contributed by atoms with Crippen molar-refractivity contribution in [1.29, 1.82) is 0 Å². The van der Waals surface area contributed by atoms with E-state index in [1.807, 2.05) is 24.7 Å². The lowest BCUT2D eigenvalue weighted by Crippen LogP contribution is -2.20. The van der Waals surface area contributed by atoms with Crippen LogP contribution in [0.3, 0.4) is 0 Å². The Morgan fingerprint density at radius 1 is 1.26 bits per heavy atom. The molecule has 102 valence electrons. The molecule has 0 aliphatic carbocycles. The van der Waals surface area contributed by atoms with Crippen LogP contribution in [0.15, 0.2) is 36.8 Å². The summed E-state index contributed by atoms with van der Waals surface area (Å²) in [6.07, 6.45) is 4.67. The van der Waals surface area contributed by atoms with Gasteiger partial charge in [0.1, 0.15) is 0 Å². The predicted octanol–water partition coefficient (Wildman–Crippen LogP) is 3.44. The van der Waals surface area contributed by atoms with Crippen molar-refractivity contribution in [2.45, 2.75) is 32.9 Å². The second-order valence-electron chi connectivity index (χ2n) is 5.16. The van der Waals surface area contributed by atoms with Crippen LogP contribution in [0.5, 0.6) is 0 Å². The summed E-state index contributed by atoms with van der Waals surface area (Å²) in [5.74, 6) is 0.408. The summed E-state index contributed by atoms with van der Waals surface area (Å²) < 4.78 is 2.14. The summed E-state index contributed by atoms with van der Waals surface area (Å²) >= 11 is 5.88. The zero-order chi connectivity index (χ0) is 13.8. The third kappa shape index (κ3) is 3.58. The van der Waals surface area contributed by atoms with Crippen LogP contribution < -0.4 is 5.73 Å². The minimum absolute atomic E-state index is 0.0349. The van der Waals surface area contributed by atoms with Gasteiger partial charge in [-0.2, -0.15) is 0 Å². The molecule has 1 unspecified atom stereocenters. The van der Waals surface area contributed by atoms with Crippen LogP contribution in [-0.4, -0.2) is 9.55 Å². The molecule has 0 amide bonds. The zero-order valence-corrected chi connectivity index (χ0v) is 12.1. The molecule has 0 saturated heterocycles. The van der Waals surface area contributed by atoms with Crippen molar-refractivity contribution in [2.24, 2.45) is 11.7 Å². The van der Waals surface area contributed by atoms with E-state index in [0.717, 1.165) is 23.7 Å². The first kappa shape index (κ1) is 14.1. The van der Waals surface area contributed by atoms with Gasteiger partial charge in [0.2, 0.25) is 0 Å². The number of rotatable bonds is 5. The summed E-state index contributed by atoms with van der Waals surface area (Å²) in [7, 11) is 0. The lowest BCUT2D eigenvalue weighted by atomic mass is 10.0. The van der Waals surface area contributed by atoms with Crippen molar-refractivity contribution in [3.63, 3.8) is 0 Å². The van der Waals surface area contributed by atoms with E-state index in [0.29, 0.717) is 5.92 Å². The lowest BCUT2D eigenvalue weighted by molar-refractivity contribution is 0.477. The normalized spacial score (nSPS) is 12.9. The van der Waals surface area contributed by atoms with Gasteiger partial charge in [0.15, 0.2) is 0 Å². The Balaban J connectivity index is 2.04. The minimum atomic E-state index is 0.0349. The molecule has 0 aliphatic rings. The van der Waals surface area contributed by atoms with Gasteiger partial charge < -0.3 is 10.3 Å². The van der Waals surface area contributed by atoms with Gasteiger partial charge >= 0.3 is 0 Å². The van der Waals surface area contributed by atoms with Gasteiger partial charge in [0.05, 0.1) is 12.0 Å². The van der Waals surface area contributed by atoms with Crippen LogP contribution in [0.4, 0.5) is 0 Å². The Morgan fingerprint density at radius 3 is 2.58 bits per heavy atom. The highest BCUT2D eigenvalue weighted by Crippen LogP contribution is 2.19. The van der Waals surface area contributed by atoms with E-state index >= 15 is 0 Å². The van der Waals surface area contributed by atoms with Crippen molar-refractivity contribution in [3.05, 3.63) is 53.1 Å². The Labute approximate surface area is 119 Å². The number of halogens is 1. The average Bonchev–Trinajstić information content (AvgIpc) is 2.85. The van der Waals surface area contributed by atoms with E-state index in [1.165, 1.54) is 5.56 Å². The van der Waals surface area contributed by atoms with Crippen LogP contribution in [-0.2, 0) is 13.0 Å². The third-order valence-corrected chi connectivity index (χ3v) is 3.61. The number of nitrogens with zero attached hydrogens (tertiary/aromatic N) is 2. The number of hydrogen-bond acceptors (Lipinski definition) is 2. The number of hydrogen-bond donors (Lipinski definition) is 1. The fourth-order valence-electron chi connectivity index (χ4n) is 2.04. The molecule has 1 aromatic heterocycles. The van der Waals surface area contributed by atoms with Crippen LogP contribution in [0.1, 0.15) is 31.1 Å². The first-order valence-corrected chi connectivity index (χ1v) is 6.96. The van der Waals surface area contributed by atoms with E-state index in [4.69, 9.17) is 17.3 Å². The van der Waals surface area contributed by atoms with Crippen molar-refractivity contribution in [2.75, 3.05) is 0 Å². The molecule has 1 heterocycles. The smallest absolute Gasteiger partial charge is 0.0948 e. The molecule has 0 aliphatic heterocycles. The summed E-state index contributed by atoms with van der Waals surface area (Å²) in [5.41, 5.74) is 8.56. The minimum Gasteiger partial charge on any atom is -0.333 e. The molecule has 1 atom stereocenters. The maximum atomic E-state index is 6.19. The van der Waals surface area contributed by atoms with E-state index < -0.39 is 0 Å². The molecule has 0 fully saturated rings. The third-order valence-electron chi connectivity index (χ3n) is 3.36. The van der Waals surface area contributed by atoms with Crippen molar-refractivity contribution < 1.29 is 0 Å². The molecule has 2 rings (SSSR count). The first-order chi connectivity index (χ1) is 9.08. The second kappa shape index (κ2) is 6.22. The Hall–Kier alpha value is -1.32. The molecule has 4 heteroatoms. The quantitative estimate of drug-likeness (QED) is 0.910. The van der Waals surface area contributed by atoms with E-state index in [-0.39, 0.29) is 6.04 Å². The standard InChI is InChI=1S/C15H20ClN3/c1-11(2)15(17)14-9-18-10-19(14)8-7-12-3-5-13(16)6-4-12/h3-6,9-11,15H,7-8,17H2,1-2H3. The molecule has 3 nitrogen and oxygen atoms in total. The molecule has 19 heavy (non-hydrogen) atoms. The molecule has 0 spiro atoms. The molecule has 0 radical (unpaired) electrons. The van der Waals surface area contributed by atoms with Gasteiger partial charge in [-0.3, -0.25) is 0 Å². The van der Waals surface area contributed by atoms with E-state index in [2.05, 4.69) is 35.5 Å². The monoisotopic (exact) mass is 277 g/mol. The lowest BCUT2D eigenvalue weighted by Gasteiger charge is -2.17. The second-order valence-corrected chi connectivity index (χ2v) is 5.59. The molecular formula is C15H20ClN3. The Bertz CT molecular complexity index is 516. The van der Waals surface area contributed by atoms with Crippen LogP contribution in [0, 0.1) is 5.92 Å². The molecule has 1 aromatic carbocycles. The highest BCUT2D eigenvalue weighted by Gasteiger charge is 2.14. The van der Waals surface area contributed by atoms with Gasteiger partial charge in [-0.05, 0) is 30.0 Å². The number of benzene rings is 1. The molecule has 2 aromatic rings. The van der Waals surface area contributed by atoms with Gasteiger partial charge in [-0.25, -0.2) is 4.98 Å². The SMILES string of the molecule is CC(C)C(N)c1cncn1CCc1ccc(Cl)cc1. The van der Waals surface area contributed by atoms with E-state index in [9.17, 15) is 0 Å². The van der Waals surface area contributed by atoms with Crippen LogP contribution >= 0.6 is 11.6 Å².